The second-order valence-corrected chi connectivity index (χ2v) is 9.98. The van der Waals surface area contributed by atoms with Crippen molar-refractivity contribution in [1.82, 2.24) is 10.2 Å². The zero-order chi connectivity index (χ0) is 23.8. The smallest absolute Gasteiger partial charge is 0.261 e. The maximum Gasteiger partial charge on any atom is 0.261 e. The van der Waals surface area contributed by atoms with Crippen molar-refractivity contribution in [2.24, 2.45) is 0 Å². The van der Waals surface area contributed by atoms with Gasteiger partial charge in [0.2, 0.25) is 5.91 Å². The molecule has 0 spiro atoms. The molecule has 5 nitrogen and oxygen atoms in total. The predicted octanol–water partition coefficient (Wildman–Crippen LogP) is 5.23. The Labute approximate surface area is 198 Å². The minimum atomic E-state index is -0.523. The number of rotatable bonds is 9. The summed E-state index contributed by atoms with van der Waals surface area (Å²) in [6, 6.07) is 17.4. The molecular formula is C28H38N2O3. The Kier molecular flexibility index (Phi) is 8.54. The fourth-order valence-corrected chi connectivity index (χ4v) is 4.35. The van der Waals surface area contributed by atoms with Gasteiger partial charge in [-0.2, -0.15) is 0 Å². The van der Waals surface area contributed by atoms with E-state index in [0.29, 0.717) is 18.7 Å². The molecule has 1 fully saturated rings. The molecule has 33 heavy (non-hydrogen) atoms. The molecule has 1 atom stereocenters. The number of nitrogens with zero attached hydrogens (tertiary/aromatic N) is 1. The molecule has 178 valence electrons. The summed E-state index contributed by atoms with van der Waals surface area (Å²) in [5.74, 6) is 0.398. The van der Waals surface area contributed by atoms with Crippen molar-refractivity contribution in [1.29, 1.82) is 0 Å². The molecule has 3 rings (SSSR count). The Morgan fingerprint density at radius 2 is 1.67 bits per heavy atom. The Bertz CT molecular complexity index is 897. The Balaban J connectivity index is 1.71. The third-order valence-electron chi connectivity index (χ3n) is 6.37. The van der Waals surface area contributed by atoms with Gasteiger partial charge in [0, 0.05) is 12.6 Å². The summed E-state index contributed by atoms with van der Waals surface area (Å²) < 4.78 is 5.84. The SMILES string of the molecule is CCC(C(=O)NC1CCCC1)N(Cc1ccccc1)C(=O)COc1ccc(C(C)(C)C)cc1. The normalized spacial score (nSPS) is 15.2. The maximum atomic E-state index is 13.3. The molecule has 0 radical (unpaired) electrons. The van der Waals surface area contributed by atoms with Crippen molar-refractivity contribution in [3.8, 4) is 5.75 Å². The van der Waals surface area contributed by atoms with Gasteiger partial charge in [0.25, 0.3) is 5.91 Å². The van der Waals surface area contributed by atoms with Crippen LogP contribution in [0.15, 0.2) is 54.6 Å². The second-order valence-electron chi connectivity index (χ2n) is 9.98. The third kappa shape index (κ3) is 7.08. The molecule has 2 aromatic rings. The molecule has 1 aliphatic rings. The highest BCUT2D eigenvalue weighted by molar-refractivity contribution is 5.88. The first-order valence-electron chi connectivity index (χ1n) is 12.1. The summed E-state index contributed by atoms with van der Waals surface area (Å²) in [4.78, 5) is 28.1. The molecule has 2 amide bonds. The van der Waals surface area contributed by atoms with Crippen LogP contribution in [-0.4, -0.2) is 35.4 Å². The van der Waals surface area contributed by atoms with Crippen LogP contribution in [0.1, 0.15) is 70.9 Å². The van der Waals surface area contributed by atoms with E-state index in [4.69, 9.17) is 4.74 Å². The second kappa shape index (κ2) is 11.4. The van der Waals surface area contributed by atoms with E-state index in [2.05, 4.69) is 26.1 Å². The van der Waals surface area contributed by atoms with Crippen LogP contribution >= 0.6 is 0 Å². The van der Waals surface area contributed by atoms with Crippen molar-refractivity contribution >= 4 is 11.8 Å². The predicted molar refractivity (Wildman–Crippen MR) is 132 cm³/mol. The van der Waals surface area contributed by atoms with Crippen molar-refractivity contribution in [2.75, 3.05) is 6.61 Å². The molecule has 0 aliphatic heterocycles. The first-order chi connectivity index (χ1) is 15.8. The lowest BCUT2D eigenvalue weighted by atomic mass is 9.87. The fourth-order valence-electron chi connectivity index (χ4n) is 4.35. The van der Waals surface area contributed by atoms with Gasteiger partial charge in [-0.3, -0.25) is 9.59 Å². The quantitative estimate of drug-likeness (QED) is 0.569. The summed E-state index contributed by atoms with van der Waals surface area (Å²) in [6.07, 6.45) is 4.88. The Hall–Kier alpha value is -2.82. The summed E-state index contributed by atoms with van der Waals surface area (Å²) in [5, 5.41) is 3.17. The number of hydrogen-bond donors (Lipinski definition) is 1. The molecule has 1 aliphatic carbocycles. The summed E-state index contributed by atoms with van der Waals surface area (Å²) >= 11 is 0. The molecule has 0 saturated heterocycles. The molecule has 0 bridgehead atoms. The van der Waals surface area contributed by atoms with Crippen molar-refractivity contribution in [3.05, 3.63) is 65.7 Å². The van der Waals surface area contributed by atoms with E-state index in [9.17, 15) is 9.59 Å². The zero-order valence-corrected chi connectivity index (χ0v) is 20.5. The minimum absolute atomic E-state index is 0.0574. The van der Waals surface area contributed by atoms with Crippen LogP contribution in [0.25, 0.3) is 0 Å². The van der Waals surface area contributed by atoms with Crippen LogP contribution in [0, 0.1) is 0 Å². The molecule has 1 N–H and O–H groups in total. The van der Waals surface area contributed by atoms with Crippen LogP contribution in [-0.2, 0) is 21.5 Å². The number of carbonyl (C=O) groups is 2. The summed E-state index contributed by atoms with van der Waals surface area (Å²) in [7, 11) is 0. The molecule has 1 saturated carbocycles. The van der Waals surface area contributed by atoms with Gasteiger partial charge >= 0.3 is 0 Å². The van der Waals surface area contributed by atoms with Crippen molar-refractivity contribution < 1.29 is 14.3 Å². The number of carbonyl (C=O) groups excluding carboxylic acids is 2. The molecule has 1 unspecified atom stereocenters. The number of hydrogen-bond acceptors (Lipinski definition) is 3. The van der Waals surface area contributed by atoms with Crippen LogP contribution in [0.5, 0.6) is 5.75 Å². The van der Waals surface area contributed by atoms with Gasteiger partial charge in [0.1, 0.15) is 11.8 Å². The lowest BCUT2D eigenvalue weighted by Gasteiger charge is -2.31. The zero-order valence-electron chi connectivity index (χ0n) is 20.5. The molecule has 2 aromatic carbocycles. The monoisotopic (exact) mass is 450 g/mol. The third-order valence-corrected chi connectivity index (χ3v) is 6.37. The lowest BCUT2D eigenvalue weighted by molar-refractivity contribution is -0.143. The molecular weight excluding hydrogens is 412 g/mol. The molecule has 0 heterocycles. The first-order valence-corrected chi connectivity index (χ1v) is 12.1. The number of nitrogens with one attached hydrogen (secondary N) is 1. The van der Waals surface area contributed by atoms with Gasteiger partial charge in [-0.15, -0.1) is 0 Å². The average Bonchev–Trinajstić information content (AvgIpc) is 3.30. The summed E-state index contributed by atoms with van der Waals surface area (Å²) in [6.45, 7) is 8.72. The topological polar surface area (TPSA) is 58.6 Å². The van der Waals surface area contributed by atoms with Gasteiger partial charge in [0.05, 0.1) is 0 Å². The fraction of sp³-hybridized carbons (Fsp3) is 0.500. The van der Waals surface area contributed by atoms with Gasteiger partial charge in [-0.1, -0.05) is 83.0 Å². The first kappa shape index (κ1) is 24.8. The largest absolute Gasteiger partial charge is 0.484 e. The van der Waals surface area contributed by atoms with Gasteiger partial charge < -0.3 is 15.0 Å². The van der Waals surface area contributed by atoms with Crippen LogP contribution in [0.3, 0.4) is 0 Å². The molecule has 5 heteroatoms. The standard InChI is InChI=1S/C28H38N2O3/c1-5-25(27(32)29-23-13-9-10-14-23)30(19-21-11-7-6-8-12-21)26(31)20-33-24-17-15-22(16-18-24)28(2,3)4/h6-8,11-12,15-18,23,25H,5,9-10,13-14,19-20H2,1-4H3,(H,29,32). The van der Waals surface area contributed by atoms with E-state index in [0.717, 1.165) is 31.2 Å². The number of amides is 2. The number of benzene rings is 2. The van der Waals surface area contributed by atoms with E-state index >= 15 is 0 Å². The highest BCUT2D eigenvalue weighted by atomic mass is 16.5. The van der Waals surface area contributed by atoms with E-state index in [1.807, 2.05) is 61.5 Å². The lowest BCUT2D eigenvalue weighted by Crippen LogP contribution is -2.52. The minimum Gasteiger partial charge on any atom is -0.484 e. The van der Waals surface area contributed by atoms with E-state index in [1.165, 1.54) is 5.56 Å². The Morgan fingerprint density at radius 3 is 2.24 bits per heavy atom. The van der Waals surface area contributed by atoms with Gasteiger partial charge in [-0.05, 0) is 47.9 Å². The molecule has 0 aromatic heterocycles. The van der Waals surface area contributed by atoms with Crippen LogP contribution < -0.4 is 10.1 Å². The van der Waals surface area contributed by atoms with E-state index in [-0.39, 0.29) is 29.9 Å². The number of ether oxygens (including phenoxy) is 1. The maximum absolute atomic E-state index is 13.3. The average molecular weight is 451 g/mol. The van der Waals surface area contributed by atoms with Gasteiger partial charge in [0.15, 0.2) is 6.61 Å². The van der Waals surface area contributed by atoms with Crippen molar-refractivity contribution in [2.45, 2.75) is 83.8 Å². The Morgan fingerprint density at radius 1 is 1.03 bits per heavy atom. The van der Waals surface area contributed by atoms with Crippen LogP contribution in [0.2, 0.25) is 0 Å². The highest BCUT2D eigenvalue weighted by Crippen LogP contribution is 2.24. The summed E-state index contributed by atoms with van der Waals surface area (Å²) in [5.41, 5.74) is 2.26. The van der Waals surface area contributed by atoms with E-state index < -0.39 is 6.04 Å². The van der Waals surface area contributed by atoms with Crippen LogP contribution in [0.4, 0.5) is 0 Å². The van der Waals surface area contributed by atoms with E-state index in [1.54, 1.807) is 4.90 Å². The van der Waals surface area contributed by atoms with Crippen molar-refractivity contribution in [3.63, 3.8) is 0 Å². The van der Waals surface area contributed by atoms with Gasteiger partial charge in [-0.25, -0.2) is 0 Å². The highest BCUT2D eigenvalue weighted by Gasteiger charge is 2.30.